The topological polar surface area (TPSA) is 94.9 Å². The van der Waals surface area contributed by atoms with Crippen LogP contribution in [0.2, 0.25) is 0 Å². The molecule has 1 aromatic heterocycles. The van der Waals surface area contributed by atoms with Crippen LogP contribution in [0.3, 0.4) is 0 Å². The molecule has 28 heavy (non-hydrogen) atoms. The van der Waals surface area contributed by atoms with Crippen molar-refractivity contribution in [2.45, 2.75) is 6.42 Å². The van der Waals surface area contributed by atoms with Crippen LogP contribution in [-0.2, 0) is 6.42 Å². The van der Waals surface area contributed by atoms with E-state index < -0.39 is 5.91 Å². The SMILES string of the molecule is N#Cc1cccc(NC(=O)c2cncc(C(=O)NCCc3ccccc3)c2)c1. The first kappa shape index (κ1) is 18.8. The van der Waals surface area contributed by atoms with E-state index in [1.165, 1.54) is 18.5 Å². The number of amides is 2. The summed E-state index contributed by atoms with van der Waals surface area (Å²) in [5.74, 6) is -0.689. The number of carbonyl (C=O) groups excluding carboxylic acids is 2. The van der Waals surface area contributed by atoms with Gasteiger partial charge < -0.3 is 10.6 Å². The number of hydrogen-bond acceptors (Lipinski definition) is 4. The Hall–Kier alpha value is -3.98. The lowest BCUT2D eigenvalue weighted by molar-refractivity contribution is 0.0953. The van der Waals surface area contributed by atoms with Crippen molar-refractivity contribution in [1.82, 2.24) is 10.3 Å². The zero-order valence-corrected chi connectivity index (χ0v) is 15.1. The molecule has 138 valence electrons. The highest BCUT2D eigenvalue weighted by molar-refractivity contribution is 6.05. The second-order valence-electron chi connectivity index (χ2n) is 6.10. The quantitative estimate of drug-likeness (QED) is 0.697. The lowest BCUT2D eigenvalue weighted by Crippen LogP contribution is -2.26. The summed E-state index contributed by atoms with van der Waals surface area (Å²) in [5, 5.41) is 14.5. The fraction of sp³-hybridized carbons (Fsp3) is 0.0909. The van der Waals surface area contributed by atoms with Gasteiger partial charge in [0.25, 0.3) is 11.8 Å². The van der Waals surface area contributed by atoms with Gasteiger partial charge in [0.05, 0.1) is 22.8 Å². The van der Waals surface area contributed by atoms with Crippen LogP contribution in [0, 0.1) is 11.3 Å². The highest BCUT2D eigenvalue weighted by Gasteiger charge is 2.12. The van der Waals surface area contributed by atoms with Crippen molar-refractivity contribution < 1.29 is 9.59 Å². The molecule has 6 nitrogen and oxygen atoms in total. The molecule has 3 rings (SSSR count). The highest BCUT2D eigenvalue weighted by Crippen LogP contribution is 2.12. The third-order valence-electron chi connectivity index (χ3n) is 4.05. The summed E-state index contributed by atoms with van der Waals surface area (Å²) in [6.45, 7) is 0.486. The first-order valence-corrected chi connectivity index (χ1v) is 8.74. The molecule has 0 unspecified atom stereocenters. The van der Waals surface area contributed by atoms with Crippen molar-refractivity contribution in [1.29, 1.82) is 5.26 Å². The van der Waals surface area contributed by atoms with Gasteiger partial charge in [-0.25, -0.2) is 0 Å². The van der Waals surface area contributed by atoms with Crippen LogP contribution in [-0.4, -0.2) is 23.3 Å². The predicted octanol–water partition coefficient (Wildman–Crippen LogP) is 3.18. The van der Waals surface area contributed by atoms with Gasteiger partial charge in [0.15, 0.2) is 0 Å². The van der Waals surface area contributed by atoms with Crippen molar-refractivity contribution in [3.8, 4) is 6.07 Å². The van der Waals surface area contributed by atoms with Crippen LogP contribution in [0.5, 0.6) is 0 Å². The van der Waals surface area contributed by atoms with E-state index in [4.69, 9.17) is 5.26 Å². The van der Waals surface area contributed by atoms with E-state index in [1.54, 1.807) is 24.3 Å². The first-order valence-electron chi connectivity index (χ1n) is 8.74. The van der Waals surface area contributed by atoms with E-state index in [9.17, 15) is 9.59 Å². The lowest BCUT2D eigenvalue weighted by atomic mass is 10.1. The number of hydrogen-bond donors (Lipinski definition) is 2. The van der Waals surface area contributed by atoms with Crippen molar-refractivity contribution in [3.63, 3.8) is 0 Å². The summed E-state index contributed by atoms with van der Waals surface area (Å²) in [6, 6.07) is 20.0. The molecule has 0 saturated heterocycles. The van der Waals surface area contributed by atoms with Gasteiger partial charge in [-0.15, -0.1) is 0 Å². The molecule has 2 aromatic carbocycles. The molecule has 0 fully saturated rings. The summed E-state index contributed by atoms with van der Waals surface area (Å²) in [4.78, 5) is 28.7. The maximum absolute atomic E-state index is 12.4. The molecular formula is C22H18N4O2. The molecule has 0 spiro atoms. The molecule has 3 aromatic rings. The van der Waals surface area contributed by atoms with Gasteiger partial charge in [-0.2, -0.15) is 5.26 Å². The van der Waals surface area contributed by atoms with E-state index >= 15 is 0 Å². The number of pyridine rings is 1. The second kappa shape index (κ2) is 9.10. The summed E-state index contributed by atoms with van der Waals surface area (Å²) >= 11 is 0. The third kappa shape index (κ3) is 5.02. The molecule has 0 aliphatic rings. The van der Waals surface area contributed by atoms with Gasteiger partial charge >= 0.3 is 0 Å². The van der Waals surface area contributed by atoms with E-state index in [2.05, 4.69) is 15.6 Å². The minimum atomic E-state index is -0.401. The molecule has 0 radical (unpaired) electrons. The zero-order chi connectivity index (χ0) is 19.8. The minimum absolute atomic E-state index is 0.262. The van der Waals surface area contributed by atoms with Gasteiger partial charge in [0.1, 0.15) is 0 Å². The Morgan fingerprint density at radius 3 is 2.43 bits per heavy atom. The Kier molecular flexibility index (Phi) is 6.11. The molecule has 0 saturated carbocycles. The Labute approximate surface area is 162 Å². The van der Waals surface area contributed by atoms with Crippen LogP contribution in [0.25, 0.3) is 0 Å². The number of anilines is 1. The van der Waals surface area contributed by atoms with E-state index in [0.29, 0.717) is 23.4 Å². The molecule has 0 atom stereocenters. The van der Waals surface area contributed by atoms with Crippen molar-refractivity contribution in [2.75, 3.05) is 11.9 Å². The average molecular weight is 370 g/mol. The molecule has 2 N–H and O–H groups in total. The van der Waals surface area contributed by atoms with Gasteiger partial charge in [0.2, 0.25) is 0 Å². The maximum Gasteiger partial charge on any atom is 0.257 e. The van der Waals surface area contributed by atoms with Gasteiger partial charge in [0, 0.05) is 24.6 Å². The van der Waals surface area contributed by atoms with Crippen LogP contribution in [0.15, 0.2) is 73.1 Å². The Balaban J connectivity index is 1.61. The number of carbonyl (C=O) groups is 2. The smallest absolute Gasteiger partial charge is 0.257 e. The molecule has 6 heteroatoms. The van der Waals surface area contributed by atoms with Gasteiger partial charge in [-0.05, 0) is 36.2 Å². The maximum atomic E-state index is 12.4. The Bertz CT molecular complexity index is 1030. The summed E-state index contributed by atoms with van der Waals surface area (Å²) < 4.78 is 0. The predicted molar refractivity (Wildman–Crippen MR) is 106 cm³/mol. The van der Waals surface area contributed by atoms with Crippen LogP contribution < -0.4 is 10.6 Å². The van der Waals surface area contributed by atoms with Gasteiger partial charge in [-0.1, -0.05) is 36.4 Å². The van der Waals surface area contributed by atoms with Gasteiger partial charge in [-0.3, -0.25) is 14.6 Å². The normalized spacial score (nSPS) is 9.96. The average Bonchev–Trinajstić information content (AvgIpc) is 2.74. The molecule has 0 bridgehead atoms. The zero-order valence-electron chi connectivity index (χ0n) is 15.1. The van der Waals surface area contributed by atoms with Crippen LogP contribution >= 0.6 is 0 Å². The molecule has 1 heterocycles. The van der Waals surface area contributed by atoms with Crippen molar-refractivity contribution in [2.24, 2.45) is 0 Å². The highest BCUT2D eigenvalue weighted by atomic mass is 16.2. The first-order chi connectivity index (χ1) is 13.7. The van der Waals surface area contributed by atoms with Crippen molar-refractivity contribution in [3.05, 3.63) is 95.3 Å². The monoisotopic (exact) mass is 370 g/mol. The molecule has 0 aliphatic carbocycles. The fourth-order valence-corrected chi connectivity index (χ4v) is 2.63. The number of nitrogens with zero attached hydrogens (tertiary/aromatic N) is 2. The number of nitriles is 1. The summed E-state index contributed by atoms with van der Waals surface area (Å²) in [7, 11) is 0. The summed E-state index contributed by atoms with van der Waals surface area (Å²) in [6.07, 6.45) is 3.53. The molecular weight excluding hydrogens is 352 g/mol. The third-order valence-corrected chi connectivity index (χ3v) is 4.05. The van der Waals surface area contributed by atoms with Crippen LogP contribution in [0.4, 0.5) is 5.69 Å². The minimum Gasteiger partial charge on any atom is -0.352 e. The Morgan fingerprint density at radius 2 is 1.68 bits per heavy atom. The largest absolute Gasteiger partial charge is 0.352 e. The number of aromatic nitrogens is 1. The summed E-state index contributed by atoms with van der Waals surface area (Å²) in [5.41, 5.74) is 2.66. The number of benzene rings is 2. The Morgan fingerprint density at radius 1 is 0.929 bits per heavy atom. The molecule has 0 aliphatic heterocycles. The van der Waals surface area contributed by atoms with E-state index in [1.807, 2.05) is 36.4 Å². The lowest BCUT2D eigenvalue weighted by Gasteiger charge is -2.08. The standard InChI is InChI=1S/C22H18N4O2/c23-13-17-7-4-8-20(11-17)26-22(28)19-12-18(14-24-15-19)21(27)25-10-9-16-5-2-1-3-6-16/h1-8,11-12,14-15H,9-10H2,(H,25,27)(H,26,28). The number of rotatable bonds is 6. The second-order valence-corrected chi connectivity index (χ2v) is 6.10. The van der Waals surface area contributed by atoms with E-state index in [-0.39, 0.29) is 11.5 Å². The van der Waals surface area contributed by atoms with E-state index in [0.717, 1.165) is 12.0 Å². The number of nitrogens with one attached hydrogen (secondary N) is 2. The van der Waals surface area contributed by atoms with Crippen molar-refractivity contribution >= 4 is 17.5 Å². The fourth-order valence-electron chi connectivity index (χ4n) is 2.63. The van der Waals surface area contributed by atoms with Crippen LogP contribution in [0.1, 0.15) is 31.8 Å². The molecule has 2 amide bonds.